The number of methoxy groups -OCH3 is 1. The van der Waals surface area contributed by atoms with Crippen LogP contribution in [0.4, 0.5) is 0 Å². The van der Waals surface area contributed by atoms with Crippen LogP contribution in [0.1, 0.15) is 25.4 Å². The summed E-state index contributed by atoms with van der Waals surface area (Å²) in [5.74, 6) is 2.39. The minimum atomic E-state index is -0.682. The highest BCUT2D eigenvalue weighted by molar-refractivity contribution is 7.17. The second-order valence-electron chi connectivity index (χ2n) is 8.88. The first-order chi connectivity index (χ1) is 16.9. The Morgan fingerprint density at radius 2 is 1.97 bits per heavy atom. The van der Waals surface area contributed by atoms with Crippen molar-refractivity contribution in [2.45, 2.75) is 33.0 Å². The smallest absolute Gasteiger partial charge is 0.260 e. The highest BCUT2D eigenvalue weighted by Gasteiger charge is 2.19. The molecule has 1 aromatic carbocycles. The van der Waals surface area contributed by atoms with Gasteiger partial charge in [0, 0.05) is 29.7 Å². The Balaban J connectivity index is 1.57. The molecule has 0 saturated heterocycles. The number of rotatable bonds is 12. The molecule has 0 spiro atoms. The average Bonchev–Trinajstić information content (AvgIpc) is 3.49. The van der Waals surface area contributed by atoms with Crippen molar-refractivity contribution in [1.82, 2.24) is 14.9 Å². The first kappa shape index (κ1) is 25.1. The molecule has 0 radical (unpaired) electrons. The number of hydrogen-bond acceptors (Lipinski definition) is 8. The van der Waals surface area contributed by atoms with Crippen LogP contribution in [0, 0.1) is 5.92 Å². The third-order valence-corrected chi connectivity index (χ3v) is 6.33. The van der Waals surface area contributed by atoms with E-state index in [1.165, 1.54) is 11.3 Å². The van der Waals surface area contributed by atoms with Gasteiger partial charge in [0.15, 0.2) is 0 Å². The van der Waals surface area contributed by atoms with Gasteiger partial charge in [-0.05, 0) is 24.1 Å². The van der Waals surface area contributed by atoms with E-state index in [2.05, 4.69) is 18.8 Å². The number of hydrogen-bond donors (Lipinski definition) is 2. The van der Waals surface area contributed by atoms with Gasteiger partial charge in [-0.1, -0.05) is 32.0 Å². The largest absolute Gasteiger partial charge is 0.496 e. The van der Waals surface area contributed by atoms with Gasteiger partial charge in [-0.2, -0.15) is 0 Å². The van der Waals surface area contributed by atoms with Gasteiger partial charge in [-0.25, -0.2) is 4.98 Å². The van der Waals surface area contributed by atoms with E-state index in [0.717, 1.165) is 16.9 Å². The van der Waals surface area contributed by atoms with Gasteiger partial charge >= 0.3 is 0 Å². The molecule has 0 unspecified atom stereocenters. The molecule has 3 aromatic heterocycles. The molecular weight excluding hydrogens is 466 g/mol. The summed E-state index contributed by atoms with van der Waals surface area (Å²) in [7, 11) is 1.61. The number of aliphatic hydroxyl groups is 1. The standard InChI is InChI=1S/C26H31N3O5S/c1-17(2)14-33-15-18(30)11-29(12-19-7-6-10-34-19)13-23-27-25(31)24-21(16-35-26(24)28-23)20-8-4-5-9-22(20)32-3/h4-10,16-18,30H,11-15H2,1-3H3,(H,27,28,31)/t18-/m1/s1. The SMILES string of the molecule is COc1ccccc1-c1csc2nc(CN(Cc3ccco3)C[C@@H](O)COCC(C)C)[nH]c(=O)c12. The monoisotopic (exact) mass is 497 g/mol. The number of H-pyrrole nitrogens is 1. The molecule has 1 atom stereocenters. The number of aliphatic hydroxyl groups excluding tert-OH is 1. The van der Waals surface area contributed by atoms with Gasteiger partial charge in [0.25, 0.3) is 5.56 Å². The summed E-state index contributed by atoms with van der Waals surface area (Å²) in [5, 5.41) is 13.0. The fourth-order valence-electron chi connectivity index (χ4n) is 3.94. The minimum absolute atomic E-state index is 0.203. The molecule has 0 saturated carbocycles. The zero-order valence-electron chi connectivity index (χ0n) is 20.2. The molecule has 0 fully saturated rings. The molecular formula is C26H31N3O5S. The predicted octanol–water partition coefficient (Wildman–Crippen LogP) is 4.29. The number of benzene rings is 1. The fraction of sp³-hybridized carbons (Fsp3) is 0.385. The number of nitrogens with zero attached hydrogens (tertiary/aromatic N) is 2. The Labute approximate surface area is 208 Å². The summed E-state index contributed by atoms with van der Waals surface area (Å²) in [4.78, 5) is 23.5. The third kappa shape index (κ3) is 6.37. The molecule has 0 aliphatic carbocycles. The van der Waals surface area contributed by atoms with Crippen LogP contribution in [-0.2, 0) is 17.8 Å². The zero-order chi connectivity index (χ0) is 24.8. The molecule has 8 nitrogen and oxygen atoms in total. The van der Waals surface area contributed by atoms with E-state index < -0.39 is 6.10 Å². The van der Waals surface area contributed by atoms with Crippen molar-refractivity contribution in [1.29, 1.82) is 0 Å². The van der Waals surface area contributed by atoms with E-state index in [4.69, 9.17) is 18.9 Å². The van der Waals surface area contributed by atoms with E-state index in [1.807, 2.05) is 46.7 Å². The van der Waals surface area contributed by atoms with Crippen LogP contribution < -0.4 is 10.3 Å². The second-order valence-corrected chi connectivity index (χ2v) is 9.73. The molecule has 3 heterocycles. The number of para-hydroxylation sites is 1. The van der Waals surface area contributed by atoms with Crippen LogP contribution in [0.25, 0.3) is 21.3 Å². The van der Waals surface area contributed by atoms with Gasteiger partial charge in [0.05, 0.1) is 44.6 Å². The average molecular weight is 498 g/mol. The lowest BCUT2D eigenvalue weighted by Crippen LogP contribution is -2.35. The van der Waals surface area contributed by atoms with Gasteiger partial charge in [-0.15, -0.1) is 11.3 Å². The highest BCUT2D eigenvalue weighted by atomic mass is 32.1. The summed E-state index contributed by atoms with van der Waals surface area (Å²) in [6.45, 7) is 6.12. The first-order valence-electron chi connectivity index (χ1n) is 11.6. The van der Waals surface area contributed by atoms with Crippen molar-refractivity contribution in [2.24, 2.45) is 5.92 Å². The Morgan fingerprint density at radius 1 is 1.14 bits per heavy atom. The normalized spacial score (nSPS) is 12.6. The van der Waals surface area contributed by atoms with Crippen molar-refractivity contribution < 1.29 is 19.0 Å². The lowest BCUT2D eigenvalue weighted by Gasteiger charge is -2.24. The molecule has 2 N–H and O–H groups in total. The first-order valence-corrected chi connectivity index (χ1v) is 12.5. The summed E-state index contributed by atoms with van der Waals surface area (Å²) < 4.78 is 16.6. The fourth-order valence-corrected chi connectivity index (χ4v) is 4.90. The van der Waals surface area contributed by atoms with E-state index in [9.17, 15) is 9.90 Å². The van der Waals surface area contributed by atoms with Crippen LogP contribution in [0.2, 0.25) is 0 Å². The zero-order valence-corrected chi connectivity index (χ0v) is 21.0. The Morgan fingerprint density at radius 3 is 2.71 bits per heavy atom. The Kier molecular flexibility index (Phi) is 8.35. The van der Waals surface area contributed by atoms with Gasteiger partial charge in [0.2, 0.25) is 0 Å². The number of ether oxygens (including phenoxy) is 2. The molecule has 186 valence electrons. The van der Waals surface area contributed by atoms with Crippen molar-refractivity contribution in [3.05, 3.63) is 70.0 Å². The van der Waals surface area contributed by atoms with E-state index in [0.29, 0.717) is 53.9 Å². The highest BCUT2D eigenvalue weighted by Crippen LogP contribution is 2.36. The number of aromatic nitrogens is 2. The van der Waals surface area contributed by atoms with Crippen molar-refractivity contribution in [3.63, 3.8) is 0 Å². The van der Waals surface area contributed by atoms with E-state index in [-0.39, 0.29) is 12.2 Å². The third-order valence-electron chi connectivity index (χ3n) is 5.45. The maximum Gasteiger partial charge on any atom is 0.260 e. The molecule has 35 heavy (non-hydrogen) atoms. The van der Waals surface area contributed by atoms with Gasteiger partial charge in [0.1, 0.15) is 22.2 Å². The number of aromatic amines is 1. The molecule has 4 rings (SSSR count). The van der Waals surface area contributed by atoms with Crippen LogP contribution in [-0.4, -0.2) is 52.9 Å². The van der Waals surface area contributed by atoms with Crippen molar-refractivity contribution in [2.75, 3.05) is 26.9 Å². The Hall–Kier alpha value is -2.98. The quantitative estimate of drug-likeness (QED) is 0.301. The summed E-state index contributed by atoms with van der Waals surface area (Å²) in [6, 6.07) is 11.3. The summed E-state index contributed by atoms with van der Waals surface area (Å²) >= 11 is 1.42. The predicted molar refractivity (Wildman–Crippen MR) is 137 cm³/mol. The van der Waals surface area contributed by atoms with Crippen molar-refractivity contribution >= 4 is 21.6 Å². The number of nitrogens with one attached hydrogen (secondary N) is 1. The molecule has 9 heteroatoms. The molecule has 0 aliphatic heterocycles. The van der Waals surface area contributed by atoms with Crippen LogP contribution in [0.5, 0.6) is 5.75 Å². The Bertz CT molecular complexity index is 1280. The lowest BCUT2D eigenvalue weighted by atomic mass is 10.1. The van der Waals surface area contributed by atoms with Crippen LogP contribution in [0.15, 0.2) is 57.3 Å². The molecule has 0 amide bonds. The lowest BCUT2D eigenvalue weighted by molar-refractivity contribution is 0.00421. The number of fused-ring (bicyclic) bond motifs is 1. The minimum Gasteiger partial charge on any atom is -0.496 e. The van der Waals surface area contributed by atoms with Crippen LogP contribution in [0.3, 0.4) is 0 Å². The maximum absolute atomic E-state index is 13.1. The van der Waals surface area contributed by atoms with E-state index in [1.54, 1.807) is 13.4 Å². The van der Waals surface area contributed by atoms with E-state index >= 15 is 0 Å². The second kappa shape index (κ2) is 11.6. The summed E-state index contributed by atoms with van der Waals surface area (Å²) in [6.07, 6.45) is 0.936. The topological polar surface area (TPSA) is 101 Å². The maximum atomic E-state index is 13.1. The number of furan rings is 1. The molecule has 4 aromatic rings. The number of thiophene rings is 1. The van der Waals surface area contributed by atoms with Gasteiger partial charge in [-0.3, -0.25) is 9.69 Å². The van der Waals surface area contributed by atoms with Crippen molar-refractivity contribution in [3.8, 4) is 16.9 Å². The molecule has 0 bridgehead atoms. The summed E-state index contributed by atoms with van der Waals surface area (Å²) in [5.41, 5.74) is 1.45. The molecule has 0 aliphatic rings. The van der Waals surface area contributed by atoms with Crippen LogP contribution >= 0.6 is 11.3 Å². The van der Waals surface area contributed by atoms with Gasteiger partial charge < -0.3 is 24.0 Å².